The highest BCUT2D eigenvalue weighted by Gasteiger charge is 2.23. The molecule has 1 amide bonds. The van der Waals surface area contributed by atoms with Gasteiger partial charge in [-0.3, -0.25) is 0 Å². The summed E-state index contributed by atoms with van der Waals surface area (Å²) in [6.45, 7) is 5.55. The van der Waals surface area contributed by atoms with Crippen molar-refractivity contribution < 1.29 is 9.53 Å². The first-order valence-electron chi connectivity index (χ1n) is 6.55. The molecular formula is C16H19NO2. The van der Waals surface area contributed by atoms with E-state index in [2.05, 4.69) is 12.0 Å². The third-order valence-electron chi connectivity index (χ3n) is 2.55. The maximum absolute atomic E-state index is 12.2. The van der Waals surface area contributed by atoms with Crippen LogP contribution in [-0.2, 0) is 4.74 Å². The Morgan fingerprint density at radius 2 is 1.89 bits per heavy atom. The van der Waals surface area contributed by atoms with Gasteiger partial charge in [0.25, 0.3) is 0 Å². The van der Waals surface area contributed by atoms with Gasteiger partial charge in [-0.25, -0.2) is 9.69 Å². The summed E-state index contributed by atoms with van der Waals surface area (Å²) in [6.07, 6.45) is 1.83. The number of anilines is 1. The number of rotatable bonds is 1. The van der Waals surface area contributed by atoms with E-state index >= 15 is 0 Å². The summed E-state index contributed by atoms with van der Waals surface area (Å²) < 4.78 is 5.39. The van der Waals surface area contributed by atoms with E-state index in [0.717, 1.165) is 18.5 Å². The highest BCUT2D eigenvalue weighted by atomic mass is 16.6. The predicted molar refractivity (Wildman–Crippen MR) is 75.7 cm³/mol. The fraction of sp³-hybridized carbons (Fsp3) is 0.438. The number of hydrogen-bond acceptors (Lipinski definition) is 2. The fourth-order valence-corrected chi connectivity index (χ4v) is 1.48. The summed E-state index contributed by atoms with van der Waals surface area (Å²) in [5.74, 6) is 3.54. The lowest BCUT2D eigenvalue weighted by Crippen LogP contribution is -2.33. The van der Waals surface area contributed by atoms with Crippen LogP contribution in [0.15, 0.2) is 30.3 Å². The van der Waals surface area contributed by atoms with Crippen molar-refractivity contribution in [3.63, 3.8) is 0 Å². The molecule has 0 saturated heterocycles. The summed E-state index contributed by atoms with van der Waals surface area (Å²) >= 11 is 0. The van der Waals surface area contributed by atoms with Crippen molar-refractivity contribution in [1.82, 2.24) is 0 Å². The topological polar surface area (TPSA) is 29.5 Å². The molecule has 0 bridgehead atoms. The van der Waals surface area contributed by atoms with E-state index in [4.69, 9.17) is 4.74 Å². The number of benzene rings is 1. The minimum absolute atomic E-state index is 0.424. The second-order valence-electron chi connectivity index (χ2n) is 5.68. The Balaban J connectivity index is 2.19. The van der Waals surface area contributed by atoms with Gasteiger partial charge in [0.05, 0.1) is 5.69 Å². The minimum atomic E-state index is -0.522. The van der Waals surface area contributed by atoms with Crippen molar-refractivity contribution in [2.45, 2.75) is 39.2 Å². The second-order valence-corrected chi connectivity index (χ2v) is 5.68. The van der Waals surface area contributed by atoms with Crippen LogP contribution >= 0.6 is 0 Å². The molecule has 0 aromatic heterocycles. The van der Waals surface area contributed by atoms with E-state index in [0.29, 0.717) is 5.92 Å². The number of carbonyl (C=O) groups excluding carboxylic acids is 1. The molecule has 0 heterocycles. The largest absolute Gasteiger partial charge is 0.443 e. The molecular weight excluding hydrogens is 238 g/mol. The predicted octanol–water partition coefficient (Wildman–Crippen LogP) is 3.80. The highest BCUT2D eigenvalue weighted by Crippen LogP contribution is 2.28. The minimum Gasteiger partial charge on any atom is -0.443 e. The number of amides is 1. The number of carbonyl (C=O) groups is 1. The van der Waals surface area contributed by atoms with Gasteiger partial charge in [-0.05, 0) is 45.7 Å². The molecule has 0 radical (unpaired) electrons. The second kappa shape index (κ2) is 5.36. The summed E-state index contributed by atoms with van der Waals surface area (Å²) in [5, 5.41) is 0. The van der Waals surface area contributed by atoms with Gasteiger partial charge < -0.3 is 4.74 Å². The lowest BCUT2D eigenvalue weighted by molar-refractivity contribution is 0.0600. The summed E-state index contributed by atoms with van der Waals surface area (Å²) in [7, 11) is 0. The van der Waals surface area contributed by atoms with Crippen molar-refractivity contribution >= 4 is 11.8 Å². The molecule has 1 aromatic carbocycles. The van der Waals surface area contributed by atoms with Crippen LogP contribution in [0.5, 0.6) is 0 Å². The molecule has 1 aliphatic rings. The molecule has 100 valence electrons. The number of nitrogens with zero attached hydrogens (tertiary/aromatic N) is 1. The third kappa shape index (κ3) is 4.33. The van der Waals surface area contributed by atoms with E-state index in [1.54, 1.807) is 0 Å². The summed E-state index contributed by atoms with van der Waals surface area (Å²) in [5.41, 5.74) is 0.218. The first kappa shape index (κ1) is 13.5. The molecule has 3 heteroatoms. The van der Waals surface area contributed by atoms with Gasteiger partial charge in [0.2, 0.25) is 0 Å². The molecule has 0 unspecified atom stereocenters. The van der Waals surface area contributed by atoms with Gasteiger partial charge in [0.1, 0.15) is 5.60 Å². The van der Waals surface area contributed by atoms with Crippen LogP contribution in [-0.4, -0.2) is 11.7 Å². The molecule has 1 aliphatic carbocycles. The standard InChI is InChI=1S/C16H19NO2/c1-16(2,3)19-15(18)17(12-11-13-9-10-13)14-7-5-4-6-8-14/h4-8,13H,9-10H2,1-3H3. The Labute approximate surface area is 114 Å². The fourth-order valence-electron chi connectivity index (χ4n) is 1.48. The van der Waals surface area contributed by atoms with Gasteiger partial charge in [-0.1, -0.05) is 24.1 Å². The zero-order valence-corrected chi connectivity index (χ0v) is 11.6. The number of para-hydroxylation sites is 1. The van der Waals surface area contributed by atoms with Gasteiger partial charge in [0.15, 0.2) is 0 Å². The molecule has 0 atom stereocenters. The van der Waals surface area contributed by atoms with Crippen molar-refractivity contribution in [2.24, 2.45) is 5.92 Å². The zero-order chi connectivity index (χ0) is 13.9. The van der Waals surface area contributed by atoms with Gasteiger partial charge in [0, 0.05) is 12.0 Å². The van der Waals surface area contributed by atoms with E-state index < -0.39 is 11.7 Å². The van der Waals surface area contributed by atoms with Crippen LogP contribution in [0.4, 0.5) is 10.5 Å². The van der Waals surface area contributed by atoms with Crippen LogP contribution in [0.2, 0.25) is 0 Å². The molecule has 19 heavy (non-hydrogen) atoms. The molecule has 0 N–H and O–H groups in total. The van der Waals surface area contributed by atoms with Crippen molar-refractivity contribution in [3.05, 3.63) is 30.3 Å². The Morgan fingerprint density at radius 3 is 2.42 bits per heavy atom. The van der Waals surface area contributed by atoms with Crippen LogP contribution < -0.4 is 4.90 Å². The first-order valence-corrected chi connectivity index (χ1v) is 6.55. The summed E-state index contributed by atoms with van der Waals surface area (Å²) in [6, 6.07) is 12.3. The molecule has 3 nitrogen and oxygen atoms in total. The monoisotopic (exact) mass is 257 g/mol. The first-order chi connectivity index (χ1) is 8.96. The maximum atomic E-state index is 12.2. The lowest BCUT2D eigenvalue weighted by atomic mass is 10.2. The van der Waals surface area contributed by atoms with E-state index in [1.165, 1.54) is 4.90 Å². The van der Waals surface area contributed by atoms with Crippen molar-refractivity contribution in [2.75, 3.05) is 4.90 Å². The molecule has 1 saturated carbocycles. The molecule has 2 rings (SSSR count). The van der Waals surface area contributed by atoms with Crippen LogP contribution in [0, 0.1) is 17.9 Å². The smallest absolute Gasteiger partial charge is 0.426 e. The van der Waals surface area contributed by atoms with Crippen LogP contribution in [0.1, 0.15) is 33.6 Å². The molecule has 0 aliphatic heterocycles. The average molecular weight is 257 g/mol. The quantitative estimate of drug-likeness (QED) is 0.565. The van der Waals surface area contributed by atoms with Gasteiger partial charge in [-0.15, -0.1) is 0 Å². The Hall–Kier alpha value is -1.95. The van der Waals surface area contributed by atoms with Gasteiger partial charge in [-0.2, -0.15) is 0 Å². The normalized spacial score (nSPS) is 14.3. The zero-order valence-electron chi connectivity index (χ0n) is 11.6. The average Bonchev–Trinajstić information content (AvgIpc) is 3.12. The highest BCUT2D eigenvalue weighted by molar-refractivity contribution is 5.91. The van der Waals surface area contributed by atoms with E-state index in [-0.39, 0.29) is 0 Å². The van der Waals surface area contributed by atoms with Crippen molar-refractivity contribution in [1.29, 1.82) is 0 Å². The molecule has 1 fully saturated rings. The van der Waals surface area contributed by atoms with E-state index in [1.807, 2.05) is 51.1 Å². The Bertz CT molecular complexity index is 501. The van der Waals surface area contributed by atoms with E-state index in [9.17, 15) is 4.79 Å². The summed E-state index contributed by atoms with van der Waals surface area (Å²) in [4.78, 5) is 13.6. The SMILES string of the molecule is CC(C)(C)OC(=O)N(C#CC1CC1)c1ccccc1. The molecule has 0 spiro atoms. The number of ether oxygens (including phenoxy) is 1. The van der Waals surface area contributed by atoms with Crippen LogP contribution in [0.25, 0.3) is 0 Å². The Kier molecular flexibility index (Phi) is 3.80. The molecule has 1 aromatic rings. The lowest BCUT2D eigenvalue weighted by Gasteiger charge is -2.23. The Morgan fingerprint density at radius 1 is 1.26 bits per heavy atom. The van der Waals surface area contributed by atoms with Gasteiger partial charge >= 0.3 is 6.09 Å². The van der Waals surface area contributed by atoms with Crippen molar-refractivity contribution in [3.8, 4) is 12.0 Å². The van der Waals surface area contributed by atoms with Crippen LogP contribution in [0.3, 0.4) is 0 Å². The maximum Gasteiger partial charge on any atom is 0.426 e. The number of hydrogen-bond donors (Lipinski definition) is 0. The third-order valence-corrected chi connectivity index (χ3v) is 2.55.